The minimum absolute atomic E-state index is 0.0346. The van der Waals surface area contributed by atoms with Gasteiger partial charge >= 0.3 is 5.97 Å². The van der Waals surface area contributed by atoms with Gasteiger partial charge in [-0.05, 0) is 30.5 Å². The molecule has 0 aliphatic rings. The molecule has 37 heavy (non-hydrogen) atoms. The van der Waals surface area contributed by atoms with Crippen LogP contribution in [0.1, 0.15) is 95.6 Å². The van der Waals surface area contributed by atoms with E-state index in [4.69, 9.17) is 9.47 Å². The number of esters is 1. The molecule has 0 fully saturated rings. The van der Waals surface area contributed by atoms with Crippen molar-refractivity contribution in [1.29, 1.82) is 0 Å². The topological polar surface area (TPSA) is 35.5 Å². The largest absolute Gasteiger partial charge is 0.457 e. The van der Waals surface area contributed by atoms with Crippen molar-refractivity contribution >= 4 is 5.97 Å². The molecule has 0 bridgehead atoms. The minimum Gasteiger partial charge on any atom is -0.457 e. The van der Waals surface area contributed by atoms with Crippen LogP contribution in [-0.2, 0) is 22.5 Å². The van der Waals surface area contributed by atoms with Gasteiger partial charge in [0.15, 0.2) is 0 Å². The van der Waals surface area contributed by atoms with Gasteiger partial charge in [0.2, 0.25) is 6.79 Å². The summed E-state index contributed by atoms with van der Waals surface area (Å²) in [7, 11) is 4.41. The van der Waals surface area contributed by atoms with E-state index in [1.165, 1.54) is 75.3 Å². The molecule has 2 aromatic rings. The maximum absolute atomic E-state index is 12.5. The fraction of sp³-hybridized carbons (Fsp3) is 0.606. The third-order valence-electron chi connectivity index (χ3n) is 7.17. The quantitative estimate of drug-likeness (QED) is 0.0777. The first-order valence-corrected chi connectivity index (χ1v) is 14.6. The summed E-state index contributed by atoms with van der Waals surface area (Å²) in [5.74, 6) is 0.423. The Morgan fingerprint density at radius 1 is 0.811 bits per heavy atom. The molecule has 206 valence electrons. The van der Waals surface area contributed by atoms with Crippen LogP contribution in [0.3, 0.4) is 0 Å². The van der Waals surface area contributed by atoms with Gasteiger partial charge in [0, 0.05) is 12.0 Å². The number of hydrogen-bond donors (Lipinski definition) is 0. The lowest BCUT2D eigenvalue weighted by Gasteiger charge is -2.30. The Bertz CT molecular complexity index is 865. The third kappa shape index (κ3) is 14.3. The SMILES string of the molecule is CCCCCCCCCCCCc1cccc(OCOC(=O)C(C)CC[N+](C)(C)Cc2ccccc2)c1. The average Bonchev–Trinajstić information content (AvgIpc) is 2.89. The molecule has 0 N–H and O–H groups in total. The highest BCUT2D eigenvalue weighted by atomic mass is 16.7. The number of rotatable bonds is 20. The van der Waals surface area contributed by atoms with Crippen molar-refractivity contribution in [2.75, 3.05) is 27.4 Å². The zero-order valence-corrected chi connectivity index (χ0v) is 24.1. The molecule has 0 spiro atoms. The van der Waals surface area contributed by atoms with E-state index < -0.39 is 0 Å². The van der Waals surface area contributed by atoms with E-state index in [1.807, 2.05) is 25.1 Å². The second-order valence-corrected chi connectivity index (χ2v) is 11.3. The molecule has 4 nitrogen and oxygen atoms in total. The predicted molar refractivity (Wildman–Crippen MR) is 154 cm³/mol. The number of hydrogen-bond acceptors (Lipinski definition) is 3. The normalized spacial score (nSPS) is 12.3. The van der Waals surface area contributed by atoms with Crippen molar-refractivity contribution in [3.63, 3.8) is 0 Å². The van der Waals surface area contributed by atoms with E-state index in [-0.39, 0.29) is 18.7 Å². The van der Waals surface area contributed by atoms with Crippen molar-refractivity contribution in [3.8, 4) is 5.75 Å². The summed E-state index contributed by atoms with van der Waals surface area (Å²) < 4.78 is 12.0. The molecule has 0 amide bonds. The number of benzene rings is 2. The Morgan fingerprint density at radius 2 is 1.43 bits per heavy atom. The summed E-state index contributed by atoms with van der Waals surface area (Å²) >= 11 is 0. The smallest absolute Gasteiger partial charge is 0.311 e. The molecule has 0 aliphatic carbocycles. The van der Waals surface area contributed by atoms with Crippen LogP contribution in [0.4, 0.5) is 0 Å². The number of aryl methyl sites for hydroxylation is 1. The first kappa shape index (κ1) is 30.9. The number of unbranched alkanes of at least 4 members (excludes halogenated alkanes) is 9. The summed E-state index contributed by atoms with van der Waals surface area (Å²) in [6.45, 7) is 6.03. The second-order valence-electron chi connectivity index (χ2n) is 11.3. The van der Waals surface area contributed by atoms with Gasteiger partial charge < -0.3 is 14.0 Å². The Kier molecular flexibility index (Phi) is 15.0. The van der Waals surface area contributed by atoms with Crippen LogP contribution in [0.5, 0.6) is 5.75 Å². The van der Waals surface area contributed by atoms with Crippen LogP contribution < -0.4 is 4.74 Å². The molecular weight excluding hydrogens is 458 g/mol. The fourth-order valence-corrected chi connectivity index (χ4v) is 4.72. The maximum atomic E-state index is 12.5. The van der Waals surface area contributed by atoms with Crippen molar-refractivity contribution in [1.82, 2.24) is 0 Å². The van der Waals surface area contributed by atoms with E-state index in [9.17, 15) is 4.79 Å². The van der Waals surface area contributed by atoms with E-state index in [0.29, 0.717) is 0 Å². The van der Waals surface area contributed by atoms with Gasteiger partial charge in [-0.3, -0.25) is 4.79 Å². The van der Waals surface area contributed by atoms with Gasteiger partial charge in [-0.2, -0.15) is 0 Å². The fourth-order valence-electron chi connectivity index (χ4n) is 4.72. The van der Waals surface area contributed by atoms with Gasteiger partial charge in [0.25, 0.3) is 0 Å². The van der Waals surface area contributed by atoms with Gasteiger partial charge in [0.05, 0.1) is 26.6 Å². The first-order valence-electron chi connectivity index (χ1n) is 14.6. The highest BCUT2D eigenvalue weighted by molar-refractivity contribution is 5.71. The van der Waals surface area contributed by atoms with Gasteiger partial charge in [-0.1, -0.05) is 114 Å². The maximum Gasteiger partial charge on any atom is 0.311 e. The van der Waals surface area contributed by atoms with Crippen molar-refractivity contribution in [2.45, 2.75) is 97.4 Å². The number of carbonyl (C=O) groups excluding carboxylic acids is 1. The van der Waals surface area contributed by atoms with Crippen LogP contribution in [0.15, 0.2) is 54.6 Å². The van der Waals surface area contributed by atoms with E-state index in [1.54, 1.807) is 0 Å². The van der Waals surface area contributed by atoms with E-state index in [2.05, 4.69) is 57.4 Å². The zero-order chi connectivity index (χ0) is 26.8. The van der Waals surface area contributed by atoms with Crippen molar-refractivity contribution in [3.05, 3.63) is 65.7 Å². The molecule has 4 heteroatoms. The van der Waals surface area contributed by atoms with Crippen LogP contribution in [-0.4, -0.2) is 37.9 Å². The van der Waals surface area contributed by atoms with Gasteiger partial charge in [-0.15, -0.1) is 0 Å². The molecule has 1 unspecified atom stereocenters. The van der Waals surface area contributed by atoms with Crippen LogP contribution in [0.25, 0.3) is 0 Å². The Labute approximate surface area is 227 Å². The standard InChI is InChI=1S/C33H52NO3/c1-5-6-7-8-9-10-11-12-13-15-19-30-22-18-23-32(26-30)36-28-37-33(35)29(2)24-25-34(3,4)27-31-20-16-14-17-21-31/h14,16-18,20-23,26,29H,5-13,15,19,24-25,27-28H2,1-4H3/q+1. The number of nitrogens with zero attached hydrogens (tertiary/aromatic N) is 1. The lowest BCUT2D eigenvalue weighted by atomic mass is 10.0. The molecule has 1 atom stereocenters. The molecule has 0 aliphatic heterocycles. The number of ether oxygens (including phenoxy) is 2. The van der Waals surface area contributed by atoms with E-state index in [0.717, 1.165) is 36.2 Å². The summed E-state index contributed by atoms with van der Waals surface area (Å²) in [6.07, 6.45) is 15.4. The third-order valence-corrected chi connectivity index (χ3v) is 7.17. The van der Waals surface area contributed by atoms with Crippen molar-refractivity contribution < 1.29 is 18.8 Å². The second kappa shape index (κ2) is 18.0. The van der Waals surface area contributed by atoms with E-state index >= 15 is 0 Å². The molecule has 2 aromatic carbocycles. The first-order chi connectivity index (χ1) is 17.9. The van der Waals surface area contributed by atoms with Gasteiger partial charge in [-0.25, -0.2) is 0 Å². The molecule has 2 rings (SSSR count). The molecule has 0 radical (unpaired) electrons. The molecular formula is C33H52NO3+. The molecule has 0 saturated carbocycles. The summed E-state index contributed by atoms with van der Waals surface area (Å²) in [6, 6.07) is 18.7. The lowest BCUT2D eigenvalue weighted by molar-refractivity contribution is -0.904. The van der Waals surface area contributed by atoms with Crippen molar-refractivity contribution in [2.24, 2.45) is 5.92 Å². The Balaban J connectivity index is 1.58. The zero-order valence-electron chi connectivity index (χ0n) is 24.1. The van der Waals surface area contributed by atoms with Crippen LogP contribution in [0, 0.1) is 5.92 Å². The van der Waals surface area contributed by atoms with Crippen LogP contribution in [0.2, 0.25) is 0 Å². The highest BCUT2D eigenvalue weighted by Crippen LogP contribution is 2.18. The molecule has 0 saturated heterocycles. The monoisotopic (exact) mass is 510 g/mol. The summed E-state index contributed by atoms with van der Waals surface area (Å²) in [4.78, 5) is 12.5. The number of carbonyl (C=O) groups is 1. The minimum atomic E-state index is -0.193. The molecule has 0 heterocycles. The Hall–Kier alpha value is -2.33. The highest BCUT2D eigenvalue weighted by Gasteiger charge is 2.21. The Morgan fingerprint density at radius 3 is 2.11 bits per heavy atom. The molecule has 0 aromatic heterocycles. The van der Waals surface area contributed by atoms with Gasteiger partial charge in [0.1, 0.15) is 12.3 Å². The predicted octanol–water partition coefficient (Wildman–Crippen LogP) is 8.33. The average molecular weight is 511 g/mol. The summed E-state index contributed by atoms with van der Waals surface area (Å²) in [5.41, 5.74) is 2.60. The summed E-state index contributed by atoms with van der Waals surface area (Å²) in [5, 5.41) is 0. The van der Waals surface area contributed by atoms with Crippen LogP contribution >= 0.6 is 0 Å². The lowest BCUT2D eigenvalue weighted by Crippen LogP contribution is -2.40. The number of quaternary nitrogens is 1.